The van der Waals surface area contributed by atoms with Crippen LogP contribution in [0.25, 0.3) is 10.6 Å². The summed E-state index contributed by atoms with van der Waals surface area (Å²) in [5.74, 6) is 0. The van der Waals surface area contributed by atoms with E-state index in [0.717, 1.165) is 0 Å². The number of benzene rings is 2. The molecule has 0 saturated carbocycles. The van der Waals surface area contributed by atoms with Crippen molar-refractivity contribution in [2.45, 2.75) is 157 Å². The zero-order valence-corrected chi connectivity index (χ0v) is 34.0. The Kier molecular flexibility index (Phi) is 9.68. The summed E-state index contributed by atoms with van der Waals surface area (Å²) in [6.07, 6.45) is 0. The summed E-state index contributed by atoms with van der Waals surface area (Å²) in [7, 11) is 2.77. The van der Waals surface area contributed by atoms with Crippen LogP contribution in [0.1, 0.15) is 158 Å². The topological polar surface area (TPSA) is 16.1 Å². The Balaban J connectivity index is 2.63. The summed E-state index contributed by atoms with van der Waals surface area (Å²) in [5, 5.41) is 3.02. The smallest absolute Gasteiger partial charge is 0.258 e. The van der Waals surface area contributed by atoms with E-state index < -0.39 is 15.2 Å². The molecule has 0 radical (unpaired) electrons. The highest BCUT2D eigenvalue weighted by Gasteiger charge is 2.39. The minimum absolute atomic E-state index is 0.00735. The van der Waals surface area contributed by atoms with Crippen LogP contribution in [-0.4, -0.2) is 18.8 Å². The lowest BCUT2D eigenvalue weighted by Gasteiger charge is -2.32. The van der Waals surface area contributed by atoms with Gasteiger partial charge in [-0.3, -0.25) is 0 Å². The summed E-state index contributed by atoms with van der Waals surface area (Å²) in [4.78, 5) is 2.32. The van der Waals surface area contributed by atoms with Crippen LogP contribution in [0, 0.1) is 0 Å². The third-order valence-electron chi connectivity index (χ3n) is 8.69. The molecule has 1 heterocycles. The molecule has 2 aromatic carbocycles. The van der Waals surface area contributed by atoms with Crippen LogP contribution in [0.5, 0.6) is 0 Å². The molecule has 0 N–H and O–H groups in total. The largest absolute Gasteiger partial charge is 0.342 e. The Hall–Kier alpha value is -1.62. The van der Waals surface area contributed by atoms with E-state index in [4.69, 9.17) is 4.75 Å². The van der Waals surface area contributed by atoms with Crippen molar-refractivity contribution in [1.82, 2.24) is 4.75 Å². The SMILES string of the molecule is CN(C)c1np(-c2c(C(C)(C)C)cc(C(C)(C)C)cc2C(C)(C)C)c[p+]1-c1c(C(C)(C)C)cc(C(C)(C)C)cc1C(C)(C)C. The molecule has 0 saturated heterocycles. The molecule has 0 amide bonds. The highest BCUT2D eigenvalue weighted by molar-refractivity contribution is 7.72. The Bertz CT molecular complexity index is 1440. The molecular formula is C40H65N2P2+. The Morgan fingerprint density at radius 1 is 0.500 bits per heavy atom. The summed E-state index contributed by atoms with van der Waals surface area (Å²) in [5.41, 5.74) is 12.9. The average Bonchev–Trinajstić information content (AvgIpc) is 3.24. The normalized spacial score (nSPS) is 14.7. The molecule has 0 aliphatic heterocycles. The Morgan fingerprint density at radius 2 is 0.818 bits per heavy atom. The van der Waals surface area contributed by atoms with Crippen LogP contribution in [0.3, 0.4) is 0 Å². The third-order valence-corrected chi connectivity index (χ3v) is 13.9. The highest BCUT2D eigenvalue weighted by Crippen LogP contribution is 2.63. The number of hydrogen-bond acceptors (Lipinski definition) is 2. The van der Waals surface area contributed by atoms with Crippen molar-refractivity contribution in [3.63, 3.8) is 0 Å². The van der Waals surface area contributed by atoms with Crippen LogP contribution in [0.15, 0.2) is 29.8 Å². The van der Waals surface area contributed by atoms with E-state index in [1.807, 2.05) is 0 Å². The second kappa shape index (κ2) is 11.6. The fraction of sp³-hybridized carbons (Fsp3) is 0.650. The second-order valence-electron chi connectivity index (χ2n) is 19.5. The quantitative estimate of drug-likeness (QED) is 0.285. The number of anilines is 1. The van der Waals surface area contributed by atoms with Crippen molar-refractivity contribution >= 4 is 20.8 Å². The van der Waals surface area contributed by atoms with Gasteiger partial charge in [0.05, 0.1) is 5.30 Å². The number of aromatic nitrogens is 1. The molecule has 0 aliphatic carbocycles. The maximum absolute atomic E-state index is 5.75. The van der Waals surface area contributed by atoms with Crippen LogP contribution in [0.4, 0.5) is 5.55 Å². The molecular weight excluding hydrogens is 570 g/mol. The zero-order valence-electron chi connectivity index (χ0n) is 32.2. The maximum atomic E-state index is 5.75. The van der Waals surface area contributed by atoms with Gasteiger partial charge in [-0.1, -0.05) is 154 Å². The van der Waals surface area contributed by atoms with Gasteiger partial charge in [-0.15, -0.1) is 0 Å². The molecule has 3 rings (SSSR count). The molecule has 4 heteroatoms. The van der Waals surface area contributed by atoms with Crippen molar-refractivity contribution < 1.29 is 0 Å². The van der Waals surface area contributed by atoms with E-state index in [1.165, 1.54) is 49.5 Å². The van der Waals surface area contributed by atoms with Gasteiger partial charge in [0.1, 0.15) is 12.8 Å². The molecule has 0 spiro atoms. The van der Waals surface area contributed by atoms with Gasteiger partial charge < -0.3 is 4.90 Å². The monoisotopic (exact) mass is 635 g/mol. The molecule has 2 nitrogen and oxygen atoms in total. The minimum atomic E-state index is -0.870. The summed E-state index contributed by atoms with van der Waals surface area (Å²) < 4.78 is 5.75. The van der Waals surface area contributed by atoms with E-state index in [9.17, 15) is 0 Å². The maximum Gasteiger partial charge on any atom is 0.258 e. The van der Waals surface area contributed by atoms with Gasteiger partial charge in [-0.05, 0) is 65.9 Å². The van der Waals surface area contributed by atoms with Crippen molar-refractivity contribution in [1.29, 1.82) is 0 Å². The summed E-state index contributed by atoms with van der Waals surface area (Å²) in [6, 6.07) is 10.1. The molecule has 244 valence electrons. The fourth-order valence-electron chi connectivity index (χ4n) is 5.83. The van der Waals surface area contributed by atoms with E-state index in [0.29, 0.717) is 0 Å². The number of hydrogen-bond donors (Lipinski definition) is 0. The molecule has 0 bridgehead atoms. The van der Waals surface area contributed by atoms with Crippen molar-refractivity contribution in [2.24, 2.45) is 0 Å². The molecule has 44 heavy (non-hydrogen) atoms. The highest BCUT2D eigenvalue weighted by atomic mass is 31.1. The van der Waals surface area contributed by atoms with Gasteiger partial charge in [-0.2, -0.15) is 0 Å². The lowest BCUT2D eigenvalue weighted by atomic mass is 9.75. The second-order valence-corrected chi connectivity index (χ2v) is 23.3. The first-order valence-electron chi connectivity index (χ1n) is 16.5. The standard InChI is InChI=1S/C40H65N2P2/c1-35(2,3)26-21-28(37(7,8)9)32(29(22-26)38(10,11)12)43-25-44(41-34(43)42(19)20)33-30(39(13,14)15)23-27(36(4,5)6)24-31(33)40(16,17)18/h21-25H,1-20H3/q+1. The lowest BCUT2D eigenvalue weighted by Crippen LogP contribution is -2.22. The predicted molar refractivity (Wildman–Crippen MR) is 203 cm³/mol. The van der Waals surface area contributed by atoms with Gasteiger partial charge in [0.25, 0.3) is 5.55 Å². The number of nitrogens with zero attached hydrogens (tertiary/aromatic N) is 2. The van der Waals surface area contributed by atoms with Crippen LogP contribution < -0.4 is 4.90 Å². The van der Waals surface area contributed by atoms with Crippen molar-refractivity contribution in [2.75, 3.05) is 19.0 Å². The molecule has 2 atom stereocenters. The van der Waals surface area contributed by atoms with Gasteiger partial charge in [0.15, 0.2) is 13.2 Å². The van der Waals surface area contributed by atoms with Gasteiger partial charge in [0.2, 0.25) is 0 Å². The first kappa shape index (κ1) is 36.8. The fourth-order valence-corrected chi connectivity index (χ4v) is 12.6. The molecule has 3 aromatic rings. The van der Waals surface area contributed by atoms with Gasteiger partial charge in [-0.25, -0.2) is 0 Å². The molecule has 2 unspecified atom stereocenters. The van der Waals surface area contributed by atoms with Crippen molar-refractivity contribution in [3.8, 4) is 10.6 Å². The number of rotatable bonds is 3. The van der Waals surface area contributed by atoms with E-state index in [1.54, 1.807) is 0 Å². The Labute approximate surface area is 274 Å². The predicted octanol–water partition coefficient (Wildman–Crippen LogP) is 13.2. The third kappa shape index (κ3) is 7.67. The van der Waals surface area contributed by atoms with Crippen LogP contribution in [-0.2, 0) is 32.5 Å². The molecule has 0 fully saturated rings. The summed E-state index contributed by atoms with van der Waals surface area (Å²) in [6.45, 7) is 42.8. The Morgan fingerprint density at radius 3 is 1.09 bits per heavy atom. The lowest BCUT2D eigenvalue weighted by molar-refractivity contribution is 0.551. The van der Waals surface area contributed by atoms with Crippen molar-refractivity contribution in [3.05, 3.63) is 63.2 Å². The van der Waals surface area contributed by atoms with E-state index in [2.05, 4.69) is 173 Å². The summed E-state index contributed by atoms with van der Waals surface area (Å²) >= 11 is 0. The first-order valence-corrected chi connectivity index (χ1v) is 19.3. The van der Waals surface area contributed by atoms with Gasteiger partial charge in [0, 0.05) is 14.1 Å². The van der Waals surface area contributed by atoms with Crippen LogP contribution in [0.2, 0.25) is 0 Å². The van der Waals surface area contributed by atoms with Gasteiger partial charge >= 0.3 is 0 Å². The minimum Gasteiger partial charge on any atom is -0.342 e. The molecule has 0 aliphatic rings. The zero-order chi connectivity index (χ0) is 34.2. The van der Waals surface area contributed by atoms with E-state index >= 15 is 0 Å². The first-order chi connectivity index (χ1) is 19.5. The molecule has 1 aromatic heterocycles. The van der Waals surface area contributed by atoms with E-state index in [-0.39, 0.29) is 32.5 Å². The average molecular weight is 636 g/mol. The van der Waals surface area contributed by atoms with Crippen LogP contribution >= 0.6 is 15.2 Å².